The minimum absolute atomic E-state index is 0.247. The van der Waals surface area contributed by atoms with Crippen LogP contribution in [-0.2, 0) is 4.74 Å². The van der Waals surface area contributed by atoms with Crippen LogP contribution in [-0.4, -0.2) is 50.3 Å². The van der Waals surface area contributed by atoms with Crippen LogP contribution in [0.25, 0.3) is 0 Å². The van der Waals surface area contributed by atoms with Crippen molar-refractivity contribution in [2.75, 3.05) is 33.8 Å². The van der Waals surface area contributed by atoms with Gasteiger partial charge < -0.3 is 15.0 Å². The molecule has 3 heteroatoms. The van der Waals surface area contributed by atoms with Gasteiger partial charge in [0.25, 0.3) is 0 Å². The van der Waals surface area contributed by atoms with Gasteiger partial charge in [0, 0.05) is 18.7 Å². The van der Waals surface area contributed by atoms with Gasteiger partial charge in [-0.15, -0.1) is 0 Å². The van der Waals surface area contributed by atoms with E-state index in [1.807, 2.05) is 0 Å². The Balaban J connectivity index is 3.24. The molecule has 0 aliphatic carbocycles. The first-order chi connectivity index (χ1) is 7.81. The van der Waals surface area contributed by atoms with E-state index in [-0.39, 0.29) is 5.54 Å². The quantitative estimate of drug-likeness (QED) is 0.631. The van der Waals surface area contributed by atoms with E-state index in [2.05, 4.69) is 52.0 Å². The second-order valence-electron chi connectivity index (χ2n) is 6.18. The SMILES string of the molecule is CC(CN(C)C)OCCCCCNC(C)(C)C. The molecule has 0 aliphatic heterocycles. The molecule has 0 aromatic carbocycles. The van der Waals surface area contributed by atoms with E-state index >= 15 is 0 Å². The zero-order valence-electron chi connectivity index (χ0n) is 12.7. The molecule has 0 aliphatic rings. The molecule has 104 valence electrons. The molecule has 0 fully saturated rings. The third-order valence-electron chi connectivity index (χ3n) is 2.50. The van der Waals surface area contributed by atoms with E-state index in [1.165, 1.54) is 19.3 Å². The fourth-order valence-corrected chi connectivity index (χ4v) is 1.72. The predicted octanol–water partition coefficient (Wildman–Crippen LogP) is 2.51. The van der Waals surface area contributed by atoms with Gasteiger partial charge in [-0.25, -0.2) is 0 Å². The molecule has 0 bridgehead atoms. The highest BCUT2D eigenvalue weighted by Gasteiger charge is 2.07. The van der Waals surface area contributed by atoms with Crippen molar-refractivity contribution < 1.29 is 4.74 Å². The highest BCUT2D eigenvalue weighted by molar-refractivity contribution is 4.69. The summed E-state index contributed by atoms with van der Waals surface area (Å²) in [5.74, 6) is 0. The van der Waals surface area contributed by atoms with E-state index in [0.717, 1.165) is 19.7 Å². The topological polar surface area (TPSA) is 24.5 Å². The fourth-order valence-electron chi connectivity index (χ4n) is 1.72. The van der Waals surface area contributed by atoms with Crippen LogP contribution in [0.5, 0.6) is 0 Å². The van der Waals surface area contributed by atoms with Gasteiger partial charge in [-0.05, 0) is 67.6 Å². The van der Waals surface area contributed by atoms with Gasteiger partial charge in [-0.3, -0.25) is 0 Å². The molecular formula is C14H32N2O. The molecule has 1 unspecified atom stereocenters. The zero-order valence-corrected chi connectivity index (χ0v) is 12.7. The molecule has 0 radical (unpaired) electrons. The predicted molar refractivity (Wildman–Crippen MR) is 75.6 cm³/mol. The average Bonchev–Trinajstić information content (AvgIpc) is 2.13. The van der Waals surface area contributed by atoms with Crippen LogP contribution in [0.1, 0.15) is 47.0 Å². The number of likely N-dealkylation sites (N-methyl/N-ethyl adjacent to an activating group) is 1. The molecule has 1 N–H and O–H groups in total. The number of nitrogens with zero attached hydrogens (tertiary/aromatic N) is 1. The summed E-state index contributed by atoms with van der Waals surface area (Å²) in [6, 6.07) is 0. The third kappa shape index (κ3) is 13.8. The van der Waals surface area contributed by atoms with Crippen molar-refractivity contribution in [2.24, 2.45) is 0 Å². The minimum Gasteiger partial charge on any atom is -0.377 e. The van der Waals surface area contributed by atoms with Gasteiger partial charge in [-0.2, -0.15) is 0 Å². The number of rotatable bonds is 9. The Labute approximate surface area is 108 Å². The molecule has 0 saturated carbocycles. The molecule has 17 heavy (non-hydrogen) atoms. The first kappa shape index (κ1) is 16.9. The molecule has 0 saturated heterocycles. The van der Waals surface area contributed by atoms with Crippen LogP contribution in [0.2, 0.25) is 0 Å². The van der Waals surface area contributed by atoms with Crippen molar-refractivity contribution in [1.82, 2.24) is 10.2 Å². The lowest BCUT2D eigenvalue weighted by molar-refractivity contribution is 0.0458. The van der Waals surface area contributed by atoms with Gasteiger partial charge in [0.1, 0.15) is 0 Å². The molecule has 0 amide bonds. The molecule has 0 heterocycles. The van der Waals surface area contributed by atoms with Crippen LogP contribution in [0.15, 0.2) is 0 Å². The summed E-state index contributed by atoms with van der Waals surface area (Å²) in [4.78, 5) is 2.16. The lowest BCUT2D eigenvalue weighted by Gasteiger charge is -2.20. The Morgan fingerprint density at radius 1 is 1.12 bits per heavy atom. The molecule has 0 spiro atoms. The van der Waals surface area contributed by atoms with Gasteiger partial charge in [0.2, 0.25) is 0 Å². The van der Waals surface area contributed by atoms with E-state index < -0.39 is 0 Å². The first-order valence-electron chi connectivity index (χ1n) is 6.82. The number of unbranched alkanes of at least 4 members (excludes halogenated alkanes) is 2. The maximum Gasteiger partial charge on any atom is 0.0673 e. The monoisotopic (exact) mass is 244 g/mol. The van der Waals surface area contributed by atoms with Crippen LogP contribution in [0.3, 0.4) is 0 Å². The summed E-state index contributed by atoms with van der Waals surface area (Å²) in [6.45, 7) is 11.8. The van der Waals surface area contributed by atoms with E-state index in [1.54, 1.807) is 0 Å². The standard InChI is InChI=1S/C14H32N2O/c1-13(12-16(5)6)17-11-9-7-8-10-15-14(2,3)4/h13,15H,7-12H2,1-6H3. The van der Waals surface area contributed by atoms with Gasteiger partial charge in [0.15, 0.2) is 0 Å². The molecule has 0 rings (SSSR count). The molecule has 0 aromatic rings. The Bertz CT molecular complexity index is 176. The smallest absolute Gasteiger partial charge is 0.0673 e. The van der Waals surface area contributed by atoms with Crippen molar-refractivity contribution in [3.05, 3.63) is 0 Å². The van der Waals surface area contributed by atoms with Crippen molar-refractivity contribution >= 4 is 0 Å². The molecule has 3 nitrogen and oxygen atoms in total. The van der Waals surface area contributed by atoms with E-state index in [4.69, 9.17) is 4.74 Å². The highest BCUT2D eigenvalue weighted by atomic mass is 16.5. The normalized spacial score (nSPS) is 14.3. The van der Waals surface area contributed by atoms with Crippen molar-refractivity contribution in [3.63, 3.8) is 0 Å². The van der Waals surface area contributed by atoms with Crippen LogP contribution in [0, 0.1) is 0 Å². The maximum atomic E-state index is 5.74. The average molecular weight is 244 g/mol. The summed E-state index contributed by atoms with van der Waals surface area (Å²) < 4.78 is 5.74. The second-order valence-corrected chi connectivity index (χ2v) is 6.18. The Morgan fingerprint density at radius 3 is 2.29 bits per heavy atom. The Morgan fingerprint density at radius 2 is 1.76 bits per heavy atom. The largest absolute Gasteiger partial charge is 0.377 e. The van der Waals surface area contributed by atoms with Gasteiger partial charge in [0.05, 0.1) is 6.10 Å². The van der Waals surface area contributed by atoms with Gasteiger partial charge in [-0.1, -0.05) is 0 Å². The third-order valence-corrected chi connectivity index (χ3v) is 2.50. The van der Waals surface area contributed by atoms with E-state index in [9.17, 15) is 0 Å². The maximum absolute atomic E-state index is 5.74. The summed E-state index contributed by atoms with van der Waals surface area (Å²) in [6.07, 6.45) is 4.00. The van der Waals surface area contributed by atoms with E-state index in [0.29, 0.717) is 6.10 Å². The lowest BCUT2D eigenvalue weighted by atomic mass is 10.1. The lowest BCUT2D eigenvalue weighted by Crippen LogP contribution is -2.36. The second kappa shape index (κ2) is 8.90. The fraction of sp³-hybridized carbons (Fsp3) is 1.00. The van der Waals surface area contributed by atoms with Crippen molar-refractivity contribution in [3.8, 4) is 0 Å². The summed E-state index contributed by atoms with van der Waals surface area (Å²) in [5, 5.41) is 3.50. The Kier molecular flexibility index (Phi) is 8.83. The summed E-state index contributed by atoms with van der Waals surface area (Å²) in [7, 11) is 4.16. The Hall–Kier alpha value is -0.120. The van der Waals surface area contributed by atoms with Crippen LogP contribution >= 0.6 is 0 Å². The zero-order chi connectivity index (χ0) is 13.3. The van der Waals surface area contributed by atoms with Crippen molar-refractivity contribution in [1.29, 1.82) is 0 Å². The highest BCUT2D eigenvalue weighted by Crippen LogP contribution is 2.02. The van der Waals surface area contributed by atoms with Gasteiger partial charge >= 0.3 is 0 Å². The van der Waals surface area contributed by atoms with Crippen LogP contribution < -0.4 is 5.32 Å². The summed E-state index contributed by atoms with van der Waals surface area (Å²) in [5.41, 5.74) is 0.247. The number of ether oxygens (including phenoxy) is 1. The molecule has 0 aromatic heterocycles. The summed E-state index contributed by atoms with van der Waals surface area (Å²) >= 11 is 0. The number of nitrogens with one attached hydrogen (secondary N) is 1. The molecular weight excluding hydrogens is 212 g/mol. The van der Waals surface area contributed by atoms with Crippen molar-refractivity contribution in [2.45, 2.75) is 58.6 Å². The minimum atomic E-state index is 0.247. The first-order valence-corrected chi connectivity index (χ1v) is 6.82. The number of hydrogen-bond acceptors (Lipinski definition) is 3. The number of hydrogen-bond donors (Lipinski definition) is 1. The molecule has 1 atom stereocenters. The van der Waals surface area contributed by atoms with Crippen LogP contribution in [0.4, 0.5) is 0 Å².